The zero-order valence-electron chi connectivity index (χ0n) is 11.0. The Kier molecular flexibility index (Phi) is 4.47. The number of nitrogens with one attached hydrogen (secondary N) is 1. The Labute approximate surface area is 108 Å². The molecule has 1 atom stereocenters. The Morgan fingerprint density at radius 3 is 2.72 bits per heavy atom. The molecule has 2 aromatic rings. The quantitative estimate of drug-likeness (QED) is 0.847. The van der Waals surface area contributed by atoms with Crippen LogP contribution in [0.1, 0.15) is 30.6 Å². The van der Waals surface area contributed by atoms with Gasteiger partial charge in [0.15, 0.2) is 0 Å². The van der Waals surface area contributed by atoms with Gasteiger partial charge in [0.2, 0.25) is 0 Å². The number of aryl methyl sites for hydroxylation is 1. The normalized spacial score (nSPS) is 12.6. The third kappa shape index (κ3) is 2.96. The third-order valence-electron chi connectivity index (χ3n) is 3.07. The fraction of sp³-hybridized carbons (Fsp3) is 0.429. The second-order valence-electron chi connectivity index (χ2n) is 4.41. The van der Waals surface area contributed by atoms with Gasteiger partial charge < -0.3 is 5.32 Å². The lowest BCUT2D eigenvalue weighted by atomic mass is 10.0. The van der Waals surface area contributed by atoms with Gasteiger partial charge in [-0.2, -0.15) is 0 Å². The first kappa shape index (κ1) is 12.8. The van der Waals surface area contributed by atoms with Crippen LogP contribution in [0.25, 0.3) is 0 Å². The van der Waals surface area contributed by atoms with Crippen LogP contribution in [0, 0.1) is 0 Å². The van der Waals surface area contributed by atoms with Gasteiger partial charge in [-0.25, -0.2) is 4.68 Å². The van der Waals surface area contributed by atoms with Crippen molar-refractivity contribution >= 4 is 0 Å². The highest BCUT2D eigenvalue weighted by atomic mass is 15.4. The zero-order chi connectivity index (χ0) is 12.8. The Hall–Kier alpha value is -1.68. The molecule has 0 aliphatic carbocycles. The van der Waals surface area contributed by atoms with Gasteiger partial charge in [0, 0.05) is 6.54 Å². The fourth-order valence-corrected chi connectivity index (χ4v) is 2.13. The Balaban J connectivity index is 2.15. The molecule has 4 nitrogen and oxygen atoms in total. The maximum absolute atomic E-state index is 4.14. The molecule has 18 heavy (non-hydrogen) atoms. The molecule has 0 saturated heterocycles. The molecule has 4 heteroatoms. The van der Waals surface area contributed by atoms with Gasteiger partial charge in [-0.1, -0.05) is 42.5 Å². The van der Waals surface area contributed by atoms with Crippen molar-refractivity contribution in [1.29, 1.82) is 0 Å². The highest BCUT2D eigenvalue weighted by molar-refractivity contribution is 5.18. The summed E-state index contributed by atoms with van der Waals surface area (Å²) in [6, 6.07) is 10.7. The number of nitrogens with zero attached hydrogens (tertiary/aromatic N) is 3. The molecule has 1 aromatic heterocycles. The molecule has 1 heterocycles. The summed E-state index contributed by atoms with van der Waals surface area (Å²) in [5.74, 6) is 0. The van der Waals surface area contributed by atoms with Crippen molar-refractivity contribution in [2.75, 3.05) is 7.05 Å². The largest absolute Gasteiger partial charge is 0.311 e. The lowest BCUT2D eigenvalue weighted by Crippen LogP contribution is -2.22. The van der Waals surface area contributed by atoms with Crippen molar-refractivity contribution in [3.8, 4) is 0 Å². The van der Waals surface area contributed by atoms with Crippen molar-refractivity contribution in [2.24, 2.45) is 0 Å². The van der Waals surface area contributed by atoms with Gasteiger partial charge in [-0.3, -0.25) is 0 Å². The van der Waals surface area contributed by atoms with E-state index in [9.17, 15) is 0 Å². The standard InChI is InChI=1S/C14H20N4/c1-3-9-18-14(11-16-17-18)13(15-2)10-12-7-5-4-6-8-12/h4-8,11,13,15H,3,9-10H2,1-2H3. The summed E-state index contributed by atoms with van der Waals surface area (Å²) in [6.45, 7) is 3.07. The average molecular weight is 244 g/mol. The van der Waals surface area contributed by atoms with Gasteiger partial charge in [-0.15, -0.1) is 5.10 Å². The van der Waals surface area contributed by atoms with E-state index in [4.69, 9.17) is 0 Å². The molecule has 0 aliphatic heterocycles. The van der Waals surface area contributed by atoms with Gasteiger partial charge in [0.1, 0.15) is 0 Å². The first-order valence-electron chi connectivity index (χ1n) is 6.44. The Morgan fingerprint density at radius 2 is 2.06 bits per heavy atom. The summed E-state index contributed by atoms with van der Waals surface area (Å²) in [7, 11) is 1.98. The third-order valence-corrected chi connectivity index (χ3v) is 3.07. The van der Waals surface area contributed by atoms with Gasteiger partial charge in [0.05, 0.1) is 17.9 Å². The Bertz CT molecular complexity index is 464. The number of likely N-dealkylation sites (N-methyl/N-ethyl adjacent to an activating group) is 1. The topological polar surface area (TPSA) is 42.7 Å². The van der Waals surface area contributed by atoms with E-state index in [1.54, 1.807) is 0 Å². The van der Waals surface area contributed by atoms with Gasteiger partial charge >= 0.3 is 0 Å². The predicted octanol–water partition coefficient (Wildman–Crippen LogP) is 2.19. The van der Waals surface area contributed by atoms with Crippen LogP contribution >= 0.6 is 0 Å². The van der Waals surface area contributed by atoms with Crippen LogP contribution in [0.5, 0.6) is 0 Å². The fourth-order valence-electron chi connectivity index (χ4n) is 2.13. The van der Waals surface area contributed by atoms with Crippen molar-refractivity contribution in [3.05, 3.63) is 47.8 Å². The highest BCUT2D eigenvalue weighted by Crippen LogP contribution is 2.17. The van der Waals surface area contributed by atoms with E-state index in [0.29, 0.717) is 0 Å². The minimum absolute atomic E-state index is 0.258. The van der Waals surface area contributed by atoms with E-state index in [2.05, 4.69) is 46.8 Å². The number of aromatic nitrogens is 3. The van der Waals surface area contributed by atoms with Crippen molar-refractivity contribution in [1.82, 2.24) is 20.3 Å². The van der Waals surface area contributed by atoms with E-state index < -0.39 is 0 Å². The molecule has 0 radical (unpaired) electrons. The molecule has 96 valence electrons. The molecular formula is C14H20N4. The molecule has 0 spiro atoms. The second-order valence-corrected chi connectivity index (χ2v) is 4.41. The molecule has 1 aromatic carbocycles. The van der Waals surface area contributed by atoms with Crippen molar-refractivity contribution in [3.63, 3.8) is 0 Å². The SMILES string of the molecule is CCCn1nncc1C(Cc1ccccc1)NC. The molecule has 1 N–H and O–H groups in total. The number of hydrogen-bond donors (Lipinski definition) is 1. The molecule has 0 amide bonds. The smallest absolute Gasteiger partial charge is 0.0759 e. The first-order valence-corrected chi connectivity index (χ1v) is 6.44. The van der Waals surface area contributed by atoms with E-state index in [1.807, 2.05) is 24.0 Å². The van der Waals surface area contributed by atoms with Gasteiger partial charge in [-0.05, 0) is 25.5 Å². The molecule has 1 unspecified atom stereocenters. The molecule has 0 aliphatic rings. The van der Waals surface area contributed by atoms with Crippen LogP contribution in [0.2, 0.25) is 0 Å². The molecule has 0 bridgehead atoms. The highest BCUT2D eigenvalue weighted by Gasteiger charge is 2.15. The van der Waals surface area contributed by atoms with Crippen LogP contribution in [-0.2, 0) is 13.0 Å². The van der Waals surface area contributed by atoms with E-state index >= 15 is 0 Å². The predicted molar refractivity (Wildman–Crippen MR) is 72.3 cm³/mol. The second kappa shape index (κ2) is 6.31. The van der Waals surface area contributed by atoms with E-state index in [1.165, 1.54) is 5.56 Å². The number of hydrogen-bond acceptors (Lipinski definition) is 3. The molecule has 0 saturated carbocycles. The number of rotatable bonds is 6. The lowest BCUT2D eigenvalue weighted by Gasteiger charge is -2.17. The average Bonchev–Trinajstić information content (AvgIpc) is 2.86. The van der Waals surface area contributed by atoms with Crippen molar-refractivity contribution in [2.45, 2.75) is 32.4 Å². The zero-order valence-corrected chi connectivity index (χ0v) is 11.0. The minimum atomic E-state index is 0.258. The first-order chi connectivity index (χ1) is 8.85. The summed E-state index contributed by atoms with van der Waals surface area (Å²) < 4.78 is 1.99. The van der Waals surface area contributed by atoms with Crippen LogP contribution in [0.4, 0.5) is 0 Å². The lowest BCUT2D eigenvalue weighted by molar-refractivity contribution is 0.490. The van der Waals surface area contributed by atoms with Crippen LogP contribution < -0.4 is 5.32 Å². The molecule has 0 fully saturated rings. The van der Waals surface area contributed by atoms with Crippen molar-refractivity contribution < 1.29 is 0 Å². The summed E-state index contributed by atoms with van der Waals surface area (Å²) in [5, 5.41) is 11.5. The Morgan fingerprint density at radius 1 is 1.28 bits per heavy atom. The summed E-state index contributed by atoms with van der Waals surface area (Å²) >= 11 is 0. The molecular weight excluding hydrogens is 224 g/mol. The molecule has 2 rings (SSSR count). The monoisotopic (exact) mass is 244 g/mol. The maximum atomic E-state index is 4.14. The van der Waals surface area contributed by atoms with Crippen LogP contribution in [0.3, 0.4) is 0 Å². The minimum Gasteiger partial charge on any atom is -0.311 e. The maximum Gasteiger partial charge on any atom is 0.0759 e. The van der Waals surface area contributed by atoms with Crippen LogP contribution in [-0.4, -0.2) is 22.0 Å². The summed E-state index contributed by atoms with van der Waals surface area (Å²) in [5.41, 5.74) is 2.48. The van der Waals surface area contributed by atoms with E-state index in [0.717, 1.165) is 25.1 Å². The summed E-state index contributed by atoms with van der Waals surface area (Å²) in [6.07, 6.45) is 3.88. The number of benzene rings is 1. The summed E-state index contributed by atoms with van der Waals surface area (Å²) in [4.78, 5) is 0. The van der Waals surface area contributed by atoms with E-state index in [-0.39, 0.29) is 6.04 Å². The van der Waals surface area contributed by atoms with Crippen LogP contribution in [0.15, 0.2) is 36.5 Å². The van der Waals surface area contributed by atoms with Gasteiger partial charge in [0.25, 0.3) is 0 Å².